The summed E-state index contributed by atoms with van der Waals surface area (Å²) in [6.45, 7) is 0. The molecule has 32 heavy (non-hydrogen) atoms. The van der Waals surface area contributed by atoms with E-state index in [1.165, 1.54) is 0 Å². The Labute approximate surface area is 183 Å². The first-order valence-electron chi connectivity index (χ1n) is 10.6. The maximum Gasteiger partial charge on any atom is 0.147 e. The lowest BCUT2D eigenvalue weighted by Crippen LogP contribution is -1.86. The highest BCUT2D eigenvalue weighted by Crippen LogP contribution is 2.44. The van der Waals surface area contributed by atoms with Crippen LogP contribution in [0.15, 0.2) is 112 Å². The standard InChI is InChI=1S/C29H17NO2/c1-2-8-18(9-3-1)23-16-19(14-15-30-23)22-17-26-28(21-11-5-6-12-24(21)31-26)29-27(22)20-10-4-7-13-25(20)32-29/h1-17H. The molecule has 0 radical (unpaired) electrons. The molecule has 7 rings (SSSR count). The Morgan fingerprint density at radius 2 is 1.22 bits per heavy atom. The molecule has 0 aliphatic carbocycles. The maximum absolute atomic E-state index is 6.43. The van der Waals surface area contributed by atoms with Crippen LogP contribution in [0.1, 0.15) is 0 Å². The molecule has 3 heterocycles. The molecule has 0 N–H and O–H groups in total. The molecule has 0 aliphatic rings. The summed E-state index contributed by atoms with van der Waals surface area (Å²) >= 11 is 0. The summed E-state index contributed by atoms with van der Waals surface area (Å²) in [5, 5.41) is 4.29. The molecule has 0 amide bonds. The molecule has 7 aromatic rings. The molecule has 0 unspecified atom stereocenters. The molecule has 3 aromatic heterocycles. The number of pyridine rings is 1. The van der Waals surface area contributed by atoms with Crippen LogP contribution in [-0.2, 0) is 0 Å². The van der Waals surface area contributed by atoms with Gasteiger partial charge in [0, 0.05) is 27.9 Å². The number of rotatable bonds is 2. The van der Waals surface area contributed by atoms with Gasteiger partial charge < -0.3 is 8.83 Å². The van der Waals surface area contributed by atoms with Crippen LogP contribution in [0.25, 0.3) is 66.3 Å². The lowest BCUT2D eigenvalue weighted by atomic mass is 9.96. The van der Waals surface area contributed by atoms with Crippen LogP contribution >= 0.6 is 0 Å². The fraction of sp³-hybridized carbons (Fsp3) is 0. The summed E-state index contributed by atoms with van der Waals surface area (Å²) in [7, 11) is 0. The molecule has 0 aliphatic heterocycles. The Morgan fingerprint density at radius 3 is 2.03 bits per heavy atom. The largest absolute Gasteiger partial charge is 0.456 e. The summed E-state index contributed by atoms with van der Waals surface area (Å²) in [4.78, 5) is 4.62. The number of fused-ring (bicyclic) bond motifs is 7. The number of para-hydroxylation sites is 2. The number of benzene rings is 4. The Kier molecular flexibility index (Phi) is 3.55. The van der Waals surface area contributed by atoms with Crippen LogP contribution in [0.2, 0.25) is 0 Å². The SMILES string of the molecule is c1ccc(-c2cc(-c3cc4oc5ccccc5c4c4oc5ccccc5c34)ccn2)cc1. The molecular formula is C29H17NO2. The van der Waals surface area contributed by atoms with Crippen LogP contribution in [0, 0.1) is 0 Å². The molecule has 3 heteroatoms. The zero-order valence-electron chi connectivity index (χ0n) is 17.1. The Morgan fingerprint density at radius 1 is 0.531 bits per heavy atom. The predicted octanol–water partition coefficient (Wildman–Crippen LogP) is 8.21. The van der Waals surface area contributed by atoms with Gasteiger partial charge in [0.05, 0.1) is 11.1 Å². The molecule has 4 aromatic carbocycles. The van der Waals surface area contributed by atoms with E-state index in [2.05, 4.69) is 53.5 Å². The second-order valence-corrected chi connectivity index (χ2v) is 7.99. The summed E-state index contributed by atoms with van der Waals surface area (Å²) in [5.74, 6) is 0. The zero-order valence-corrected chi connectivity index (χ0v) is 17.1. The van der Waals surface area contributed by atoms with Crippen LogP contribution in [0.4, 0.5) is 0 Å². The molecule has 0 saturated carbocycles. The minimum atomic E-state index is 0.825. The van der Waals surface area contributed by atoms with Crippen LogP contribution in [0.3, 0.4) is 0 Å². The zero-order chi connectivity index (χ0) is 21.1. The quantitative estimate of drug-likeness (QED) is 0.288. The van der Waals surface area contributed by atoms with Gasteiger partial charge in [0.25, 0.3) is 0 Å². The molecule has 0 fully saturated rings. The van der Waals surface area contributed by atoms with E-state index in [1.807, 2.05) is 54.7 Å². The molecule has 3 nitrogen and oxygen atoms in total. The van der Waals surface area contributed by atoms with Crippen molar-refractivity contribution in [2.24, 2.45) is 0 Å². The fourth-order valence-electron chi connectivity index (χ4n) is 4.68. The average Bonchev–Trinajstić information content (AvgIpc) is 3.42. The van der Waals surface area contributed by atoms with Crippen molar-refractivity contribution in [3.63, 3.8) is 0 Å². The third-order valence-electron chi connectivity index (χ3n) is 6.13. The van der Waals surface area contributed by atoms with E-state index < -0.39 is 0 Å². The van der Waals surface area contributed by atoms with Gasteiger partial charge in [0.1, 0.15) is 22.3 Å². The predicted molar refractivity (Wildman–Crippen MR) is 130 cm³/mol. The highest BCUT2D eigenvalue weighted by Gasteiger charge is 2.20. The van der Waals surface area contributed by atoms with Gasteiger partial charge in [-0.3, -0.25) is 4.98 Å². The normalized spacial score (nSPS) is 11.8. The monoisotopic (exact) mass is 411 g/mol. The smallest absolute Gasteiger partial charge is 0.147 e. The van der Waals surface area contributed by atoms with Crippen LogP contribution in [0.5, 0.6) is 0 Å². The fourth-order valence-corrected chi connectivity index (χ4v) is 4.68. The van der Waals surface area contributed by atoms with Crippen molar-refractivity contribution in [1.82, 2.24) is 4.98 Å². The Hall–Kier alpha value is -4.37. The number of nitrogens with zero attached hydrogens (tertiary/aromatic N) is 1. The molecule has 0 atom stereocenters. The second kappa shape index (κ2) is 6.56. The second-order valence-electron chi connectivity index (χ2n) is 7.99. The minimum absolute atomic E-state index is 0.825. The van der Waals surface area contributed by atoms with Crippen molar-refractivity contribution in [1.29, 1.82) is 0 Å². The summed E-state index contributed by atoms with van der Waals surface area (Å²) in [5.41, 5.74) is 7.61. The number of hydrogen-bond donors (Lipinski definition) is 0. The van der Waals surface area contributed by atoms with E-state index in [4.69, 9.17) is 8.83 Å². The maximum atomic E-state index is 6.43. The summed E-state index contributed by atoms with van der Waals surface area (Å²) in [6, 6.07) is 32.9. The molecule has 150 valence electrons. The van der Waals surface area contributed by atoms with Gasteiger partial charge >= 0.3 is 0 Å². The van der Waals surface area contributed by atoms with E-state index in [-0.39, 0.29) is 0 Å². The molecule has 0 spiro atoms. The Bertz CT molecular complexity index is 1770. The molecule has 0 bridgehead atoms. The van der Waals surface area contributed by atoms with Crippen molar-refractivity contribution in [3.05, 3.63) is 103 Å². The van der Waals surface area contributed by atoms with Crippen molar-refractivity contribution < 1.29 is 8.83 Å². The van der Waals surface area contributed by atoms with E-state index in [1.54, 1.807) is 0 Å². The first-order valence-corrected chi connectivity index (χ1v) is 10.6. The van der Waals surface area contributed by atoms with Crippen molar-refractivity contribution >= 4 is 43.9 Å². The highest BCUT2D eigenvalue weighted by atomic mass is 16.3. The van der Waals surface area contributed by atoms with Gasteiger partial charge in [-0.05, 0) is 41.5 Å². The number of furan rings is 2. The Balaban J connectivity index is 1.62. The van der Waals surface area contributed by atoms with E-state index in [0.29, 0.717) is 0 Å². The van der Waals surface area contributed by atoms with Crippen LogP contribution < -0.4 is 0 Å². The summed E-state index contributed by atoms with van der Waals surface area (Å²) in [6.07, 6.45) is 1.87. The van der Waals surface area contributed by atoms with Crippen molar-refractivity contribution in [2.45, 2.75) is 0 Å². The van der Waals surface area contributed by atoms with Gasteiger partial charge in [-0.15, -0.1) is 0 Å². The first-order chi connectivity index (χ1) is 15.9. The number of aromatic nitrogens is 1. The molecule has 0 saturated heterocycles. The summed E-state index contributed by atoms with van der Waals surface area (Å²) < 4.78 is 12.7. The topological polar surface area (TPSA) is 39.2 Å². The molecular weight excluding hydrogens is 394 g/mol. The van der Waals surface area contributed by atoms with E-state index in [0.717, 1.165) is 66.3 Å². The van der Waals surface area contributed by atoms with Crippen LogP contribution in [-0.4, -0.2) is 4.98 Å². The van der Waals surface area contributed by atoms with Gasteiger partial charge in [-0.25, -0.2) is 0 Å². The highest BCUT2D eigenvalue weighted by molar-refractivity contribution is 6.26. The van der Waals surface area contributed by atoms with Gasteiger partial charge in [0.2, 0.25) is 0 Å². The van der Waals surface area contributed by atoms with Gasteiger partial charge in [-0.2, -0.15) is 0 Å². The average molecular weight is 411 g/mol. The van der Waals surface area contributed by atoms with E-state index in [9.17, 15) is 0 Å². The lowest BCUT2D eigenvalue weighted by molar-refractivity contribution is 0.663. The number of hydrogen-bond acceptors (Lipinski definition) is 3. The van der Waals surface area contributed by atoms with Crippen molar-refractivity contribution in [3.8, 4) is 22.4 Å². The van der Waals surface area contributed by atoms with Crippen molar-refractivity contribution in [2.75, 3.05) is 0 Å². The third kappa shape index (κ3) is 2.45. The van der Waals surface area contributed by atoms with E-state index >= 15 is 0 Å². The first kappa shape index (κ1) is 17.3. The van der Waals surface area contributed by atoms with Gasteiger partial charge in [-0.1, -0.05) is 66.7 Å². The lowest BCUT2D eigenvalue weighted by Gasteiger charge is -2.07. The van der Waals surface area contributed by atoms with Gasteiger partial charge in [0.15, 0.2) is 0 Å². The minimum Gasteiger partial charge on any atom is -0.456 e. The third-order valence-corrected chi connectivity index (χ3v) is 6.13.